The van der Waals surface area contributed by atoms with E-state index in [1.54, 1.807) is 18.5 Å². The Morgan fingerprint density at radius 3 is 2.39 bits per heavy atom. The largest absolute Gasteiger partial charge is 0.367 e. The molecule has 8 nitrogen and oxygen atoms in total. The molecule has 1 saturated heterocycles. The van der Waals surface area contributed by atoms with Gasteiger partial charge in [-0.05, 0) is 52.5 Å². The predicted octanol–water partition coefficient (Wildman–Crippen LogP) is 3.03. The molecule has 1 N–H and O–H groups in total. The van der Waals surface area contributed by atoms with Crippen molar-refractivity contribution in [1.82, 2.24) is 24.6 Å². The van der Waals surface area contributed by atoms with Crippen molar-refractivity contribution in [1.29, 1.82) is 0 Å². The van der Waals surface area contributed by atoms with Gasteiger partial charge < -0.3 is 15.1 Å². The summed E-state index contributed by atoms with van der Waals surface area (Å²) < 4.78 is 16.0. The Hall–Kier alpha value is -2.71. The zero-order chi connectivity index (χ0) is 22.2. The van der Waals surface area contributed by atoms with Gasteiger partial charge in [0.2, 0.25) is 5.91 Å². The van der Waals surface area contributed by atoms with Crippen LogP contribution in [-0.4, -0.2) is 68.4 Å². The maximum Gasteiger partial charge on any atom is 0.254 e. The summed E-state index contributed by atoms with van der Waals surface area (Å²) in [5, 5.41) is 8.06. The Morgan fingerprint density at radius 1 is 1.13 bits per heavy atom. The third kappa shape index (κ3) is 4.97. The second-order valence-corrected chi connectivity index (χ2v) is 9.08. The Morgan fingerprint density at radius 2 is 1.81 bits per heavy atom. The highest BCUT2D eigenvalue weighted by Gasteiger charge is 2.31. The van der Waals surface area contributed by atoms with E-state index in [0.717, 1.165) is 49.0 Å². The summed E-state index contributed by atoms with van der Waals surface area (Å²) in [6.07, 6.45) is 2.66. The first-order chi connectivity index (χ1) is 14.7. The fourth-order valence-electron chi connectivity index (χ4n) is 4.41. The Bertz CT molecular complexity index is 939. The van der Waals surface area contributed by atoms with Crippen molar-refractivity contribution in [3.05, 3.63) is 23.5 Å². The van der Waals surface area contributed by atoms with Crippen molar-refractivity contribution in [2.24, 2.45) is 0 Å². The number of anilines is 2. The van der Waals surface area contributed by atoms with Crippen LogP contribution in [0.15, 0.2) is 12.1 Å². The molecule has 2 aromatic heterocycles. The van der Waals surface area contributed by atoms with Gasteiger partial charge in [-0.2, -0.15) is 15.1 Å². The molecule has 1 amide bonds. The van der Waals surface area contributed by atoms with Gasteiger partial charge in [-0.1, -0.05) is 0 Å². The number of rotatable bonds is 4. The van der Waals surface area contributed by atoms with Gasteiger partial charge >= 0.3 is 0 Å². The number of carbonyl (C=O) groups is 1. The van der Waals surface area contributed by atoms with Crippen molar-refractivity contribution in [2.45, 2.75) is 65.1 Å². The molecule has 4 rings (SSSR count). The molecule has 0 radical (unpaired) electrons. The minimum Gasteiger partial charge on any atom is -0.367 e. The standard InChI is InChI=1S/C22H32FN7O/c1-15-13-16(2)30(27-15)21-25-19(24-18-5-7-22(4,23)8-6-18)14-20(26-21)29-11-9-28(10-12-29)17(3)31/h13-14,18H,5-12H2,1-4H3,(H,24,25,26). The molecular formula is C22H32FN7O. The third-order valence-electron chi connectivity index (χ3n) is 6.33. The van der Waals surface area contributed by atoms with Crippen molar-refractivity contribution in [3.63, 3.8) is 0 Å². The zero-order valence-corrected chi connectivity index (χ0v) is 18.9. The number of halogens is 1. The monoisotopic (exact) mass is 429 g/mol. The molecule has 1 saturated carbocycles. The second kappa shape index (κ2) is 8.43. The average Bonchev–Trinajstić information content (AvgIpc) is 3.07. The Labute approximate surface area is 182 Å². The van der Waals surface area contributed by atoms with Crippen molar-refractivity contribution in [2.75, 3.05) is 36.4 Å². The number of hydrogen-bond donors (Lipinski definition) is 1. The smallest absolute Gasteiger partial charge is 0.254 e. The number of piperazine rings is 1. The van der Waals surface area contributed by atoms with Gasteiger partial charge in [-0.25, -0.2) is 9.07 Å². The van der Waals surface area contributed by atoms with E-state index in [2.05, 4.69) is 15.3 Å². The van der Waals surface area contributed by atoms with Crippen molar-refractivity contribution < 1.29 is 9.18 Å². The number of nitrogens with one attached hydrogen (secondary N) is 1. The van der Waals surface area contributed by atoms with Crippen LogP contribution in [0.5, 0.6) is 0 Å². The molecule has 0 spiro atoms. The fourth-order valence-corrected chi connectivity index (χ4v) is 4.41. The molecule has 2 aliphatic rings. The highest BCUT2D eigenvalue weighted by molar-refractivity contribution is 5.73. The quantitative estimate of drug-likeness (QED) is 0.805. The Balaban J connectivity index is 1.60. The van der Waals surface area contributed by atoms with Gasteiger partial charge in [0, 0.05) is 50.9 Å². The number of alkyl halides is 1. The molecule has 168 valence electrons. The first kappa shape index (κ1) is 21.5. The van der Waals surface area contributed by atoms with E-state index in [0.29, 0.717) is 31.9 Å². The summed E-state index contributed by atoms with van der Waals surface area (Å²) in [5.41, 5.74) is 0.804. The lowest BCUT2D eigenvalue weighted by molar-refractivity contribution is -0.129. The van der Waals surface area contributed by atoms with Crippen LogP contribution >= 0.6 is 0 Å². The van der Waals surface area contributed by atoms with Crippen LogP contribution in [0.25, 0.3) is 5.95 Å². The summed E-state index contributed by atoms with van der Waals surface area (Å²) in [5.74, 6) is 2.17. The van der Waals surface area contributed by atoms with Gasteiger partial charge in [0.25, 0.3) is 5.95 Å². The molecule has 0 atom stereocenters. The molecule has 31 heavy (non-hydrogen) atoms. The van der Waals surface area contributed by atoms with Crippen LogP contribution in [0.4, 0.5) is 16.0 Å². The van der Waals surface area contributed by atoms with Crippen molar-refractivity contribution in [3.8, 4) is 5.95 Å². The van der Waals surface area contributed by atoms with Crippen LogP contribution in [0.1, 0.15) is 50.9 Å². The minimum absolute atomic E-state index is 0.102. The summed E-state index contributed by atoms with van der Waals surface area (Å²) >= 11 is 0. The van der Waals surface area contributed by atoms with Gasteiger partial charge in [-0.15, -0.1) is 0 Å². The molecule has 2 fully saturated rings. The molecule has 0 aromatic carbocycles. The highest BCUT2D eigenvalue weighted by atomic mass is 19.1. The number of hydrogen-bond acceptors (Lipinski definition) is 6. The summed E-state index contributed by atoms with van der Waals surface area (Å²) in [4.78, 5) is 25.3. The van der Waals surface area contributed by atoms with E-state index in [9.17, 15) is 9.18 Å². The SMILES string of the molecule is CC(=O)N1CCN(c2cc(NC3CCC(C)(F)CC3)nc(-n3nc(C)cc3C)n2)CC1. The van der Waals surface area contributed by atoms with Gasteiger partial charge in [0.05, 0.1) is 5.69 Å². The third-order valence-corrected chi connectivity index (χ3v) is 6.33. The van der Waals surface area contributed by atoms with Gasteiger partial charge in [-0.3, -0.25) is 4.79 Å². The fraction of sp³-hybridized carbons (Fsp3) is 0.636. The lowest BCUT2D eigenvalue weighted by Crippen LogP contribution is -2.48. The summed E-state index contributed by atoms with van der Waals surface area (Å²) in [6.45, 7) is 10.0. The van der Waals surface area contributed by atoms with Crippen molar-refractivity contribution >= 4 is 17.5 Å². The predicted molar refractivity (Wildman–Crippen MR) is 118 cm³/mol. The van der Waals surface area contributed by atoms with E-state index in [-0.39, 0.29) is 11.9 Å². The topological polar surface area (TPSA) is 79.2 Å². The second-order valence-electron chi connectivity index (χ2n) is 9.08. The number of aromatic nitrogens is 4. The molecular weight excluding hydrogens is 397 g/mol. The normalized spacial score (nSPS) is 24.4. The maximum absolute atomic E-state index is 14.2. The molecule has 9 heteroatoms. The summed E-state index contributed by atoms with van der Waals surface area (Å²) in [6, 6.07) is 4.15. The lowest BCUT2D eigenvalue weighted by Gasteiger charge is -2.35. The zero-order valence-electron chi connectivity index (χ0n) is 18.9. The number of carbonyl (C=O) groups excluding carboxylic acids is 1. The highest BCUT2D eigenvalue weighted by Crippen LogP contribution is 2.33. The summed E-state index contributed by atoms with van der Waals surface area (Å²) in [7, 11) is 0. The van der Waals surface area contributed by atoms with Crippen LogP contribution < -0.4 is 10.2 Å². The van der Waals surface area contributed by atoms with E-state index in [1.165, 1.54) is 0 Å². The molecule has 2 aromatic rings. The maximum atomic E-state index is 14.2. The number of amides is 1. The first-order valence-electron chi connectivity index (χ1n) is 11.1. The molecule has 0 bridgehead atoms. The van der Waals surface area contributed by atoms with E-state index in [4.69, 9.17) is 9.97 Å². The molecule has 1 aliphatic heterocycles. The molecule has 0 unspecified atom stereocenters. The van der Waals surface area contributed by atoms with E-state index >= 15 is 0 Å². The van der Waals surface area contributed by atoms with Crippen LogP contribution in [-0.2, 0) is 4.79 Å². The van der Waals surface area contributed by atoms with E-state index in [1.807, 2.05) is 30.9 Å². The lowest BCUT2D eigenvalue weighted by atomic mass is 9.85. The van der Waals surface area contributed by atoms with Gasteiger partial charge in [0.1, 0.15) is 17.3 Å². The average molecular weight is 430 g/mol. The van der Waals surface area contributed by atoms with E-state index < -0.39 is 5.67 Å². The minimum atomic E-state index is -1.07. The molecule has 3 heterocycles. The molecule has 1 aliphatic carbocycles. The number of aryl methyl sites for hydroxylation is 2. The number of nitrogens with zero attached hydrogens (tertiary/aromatic N) is 6. The van der Waals surface area contributed by atoms with Crippen LogP contribution in [0.2, 0.25) is 0 Å². The van der Waals surface area contributed by atoms with Crippen LogP contribution in [0, 0.1) is 13.8 Å². The van der Waals surface area contributed by atoms with Gasteiger partial charge in [0.15, 0.2) is 0 Å². The first-order valence-corrected chi connectivity index (χ1v) is 11.1. The Kier molecular flexibility index (Phi) is 5.85. The van der Waals surface area contributed by atoms with Crippen LogP contribution in [0.3, 0.4) is 0 Å².